The second kappa shape index (κ2) is 4.05. The van der Waals surface area contributed by atoms with Gasteiger partial charge in [-0.1, -0.05) is 17.7 Å². The van der Waals surface area contributed by atoms with Crippen LogP contribution < -0.4 is 11.1 Å². The Bertz CT molecular complexity index is 498. The zero-order valence-corrected chi connectivity index (χ0v) is 9.90. The maximum Gasteiger partial charge on any atom is 0.411 e. The molecular weight excluding hydrogens is 269 g/mol. The van der Waals surface area contributed by atoms with Crippen molar-refractivity contribution in [2.75, 3.05) is 5.73 Å². The van der Waals surface area contributed by atoms with Crippen molar-refractivity contribution in [2.45, 2.75) is 24.6 Å². The summed E-state index contributed by atoms with van der Waals surface area (Å²) >= 11 is 5.71. The molecule has 1 fully saturated rings. The van der Waals surface area contributed by atoms with Crippen LogP contribution in [0.5, 0.6) is 0 Å². The van der Waals surface area contributed by atoms with Gasteiger partial charge in [0.1, 0.15) is 5.54 Å². The number of amides is 1. The first kappa shape index (κ1) is 13.0. The van der Waals surface area contributed by atoms with Crippen LogP contribution in [-0.4, -0.2) is 17.6 Å². The number of alkyl halides is 3. The maximum atomic E-state index is 12.7. The minimum atomic E-state index is -4.45. The number of hydrogen-bond donors (Lipinski definition) is 2. The van der Waals surface area contributed by atoms with Gasteiger partial charge in [-0.05, 0) is 25.0 Å². The van der Waals surface area contributed by atoms with Gasteiger partial charge in [-0.2, -0.15) is 13.2 Å². The van der Waals surface area contributed by atoms with Gasteiger partial charge in [-0.15, -0.1) is 0 Å². The number of carbonyl (C=O) groups is 1. The number of hydrogen-bond acceptors (Lipinski definition) is 2. The zero-order chi connectivity index (χ0) is 13.6. The van der Waals surface area contributed by atoms with E-state index in [1.54, 1.807) is 0 Å². The molecule has 0 aliphatic heterocycles. The molecule has 1 aliphatic carbocycles. The third-order valence-corrected chi connectivity index (χ3v) is 3.27. The Kier molecular flexibility index (Phi) is 2.93. The van der Waals surface area contributed by atoms with E-state index in [-0.39, 0.29) is 29.1 Å². The van der Waals surface area contributed by atoms with Gasteiger partial charge in [0.15, 0.2) is 0 Å². The highest BCUT2D eigenvalue weighted by Gasteiger charge is 2.64. The lowest BCUT2D eigenvalue weighted by molar-refractivity contribution is -0.163. The van der Waals surface area contributed by atoms with E-state index in [1.807, 2.05) is 5.32 Å². The summed E-state index contributed by atoms with van der Waals surface area (Å²) in [6, 6.07) is 4.26. The van der Waals surface area contributed by atoms with Crippen molar-refractivity contribution in [1.29, 1.82) is 0 Å². The van der Waals surface area contributed by atoms with E-state index in [9.17, 15) is 18.0 Å². The second-order valence-electron chi connectivity index (χ2n) is 4.24. The first-order chi connectivity index (χ1) is 8.27. The summed E-state index contributed by atoms with van der Waals surface area (Å²) < 4.78 is 38.0. The molecule has 1 aromatic carbocycles. The average Bonchev–Trinajstić information content (AvgIpc) is 3.02. The van der Waals surface area contributed by atoms with E-state index in [0.717, 1.165) is 0 Å². The molecule has 1 aromatic rings. The van der Waals surface area contributed by atoms with Crippen LogP contribution in [0.15, 0.2) is 18.2 Å². The lowest BCUT2D eigenvalue weighted by atomic mass is 10.1. The van der Waals surface area contributed by atoms with Crippen LogP contribution in [0.3, 0.4) is 0 Å². The van der Waals surface area contributed by atoms with Crippen molar-refractivity contribution >= 4 is 23.2 Å². The molecule has 3 nitrogen and oxygen atoms in total. The highest BCUT2D eigenvalue weighted by molar-refractivity contribution is 6.33. The van der Waals surface area contributed by atoms with E-state index in [2.05, 4.69) is 0 Å². The minimum Gasteiger partial charge on any atom is -0.397 e. The number of para-hydroxylation sites is 1. The van der Waals surface area contributed by atoms with Gasteiger partial charge in [0.25, 0.3) is 5.91 Å². The van der Waals surface area contributed by atoms with Gasteiger partial charge in [-0.25, -0.2) is 0 Å². The fraction of sp³-hybridized carbons (Fsp3) is 0.364. The lowest BCUT2D eigenvalue weighted by Crippen LogP contribution is -2.48. The highest BCUT2D eigenvalue weighted by atomic mass is 35.5. The standard InChI is InChI=1S/C11H10ClF3N2O/c12-7-3-1-2-6(8(7)16)9(18)17-10(4-5-10)11(13,14)15/h1-3H,4-5,16H2,(H,17,18). The van der Waals surface area contributed by atoms with Crippen LogP contribution in [0.1, 0.15) is 23.2 Å². The van der Waals surface area contributed by atoms with Gasteiger partial charge in [-0.3, -0.25) is 4.79 Å². The summed E-state index contributed by atoms with van der Waals surface area (Å²) in [7, 11) is 0. The van der Waals surface area contributed by atoms with Crippen molar-refractivity contribution in [3.8, 4) is 0 Å². The van der Waals surface area contributed by atoms with Crippen molar-refractivity contribution < 1.29 is 18.0 Å². The van der Waals surface area contributed by atoms with Crippen molar-refractivity contribution in [3.63, 3.8) is 0 Å². The zero-order valence-electron chi connectivity index (χ0n) is 9.14. The minimum absolute atomic E-state index is 0.0189. The Hall–Kier alpha value is -1.43. The number of rotatable bonds is 2. The Morgan fingerprint density at radius 2 is 2.00 bits per heavy atom. The molecule has 0 aromatic heterocycles. The number of nitrogen functional groups attached to an aromatic ring is 1. The molecule has 98 valence electrons. The van der Waals surface area contributed by atoms with Crippen molar-refractivity contribution in [1.82, 2.24) is 5.32 Å². The predicted molar refractivity (Wildman–Crippen MR) is 61.4 cm³/mol. The summed E-state index contributed by atoms with van der Waals surface area (Å²) in [5.74, 6) is -0.857. The molecule has 0 radical (unpaired) electrons. The number of benzene rings is 1. The first-order valence-corrected chi connectivity index (χ1v) is 5.58. The third-order valence-electron chi connectivity index (χ3n) is 2.94. The molecule has 1 amide bonds. The molecule has 3 N–H and O–H groups in total. The highest BCUT2D eigenvalue weighted by Crippen LogP contribution is 2.49. The van der Waals surface area contributed by atoms with Crippen molar-refractivity contribution in [3.05, 3.63) is 28.8 Å². The molecule has 7 heteroatoms. The van der Waals surface area contributed by atoms with Crippen LogP contribution in [-0.2, 0) is 0 Å². The smallest absolute Gasteiger partial charge is 0.397 e. The molecule has 0 atom stereocenters. The molecule has 1 saturated carbocycles. The molecule has 1 aliphatic rings. The van der Waals surface area contributed by atoms with Crippen molar-refractivity contribution in [2.24, 2.45) is 0 Å². The van der Waals surface area contributed by atoms with Gasteiger partial charge >= 0.3 is 6.18 Å². The summed E-state index contributed by atoms with van der Waals surface area (Å²) in [6.07, 6.45) is -4.67. The van der Waals surface area contributed by atoms with Crippen LogP contribution in [0, 0.1) is 0 Å². The Morgan fingerprint density at radius 3 is 2.50 bits per heavy atom. The van der Waals surface area contributed by atoms with E-state index in [4.69, 9.17) is 17.3 Å². The fourth-order valence-corrected chi connectivity index (χ4v) is 1.80. The number of halogens is 4. The van der Waals surface area contributed by atoms with E-state index in [1.165, 1.54) is 18.2 Å². The summed E-state index contributed by atoms with van der Waals surface area (Å²) in [5.41, 5.74) is 3.40. The van der Waals surface area contributed by atoms with Crippen LogP contribution in [0.2, 0.25) is 5.02 Å². The van der Waals surface area contributed by atoms with Gasteiger partial charge in [0, 0.05) is 0 Å². The molecule has 0 unspecified atom stereocenters. The maximum absolute atomic E-state index is 12.7. The van der Waals surface area contributed by atoms with Gasteiger partial charge in [0.2, 0.25) is 0 Å². The molecule has 0 bridgehead atoms. The van der Waals surface area contributed by atoms with Crippen LogP contribution in [0.25, 0.3) is 0 Å². The average molecular weight is 279 g/mol. The SMILES string of the molecule is Nc1c(Cl)cccc1C(=O)NC1(C(F)(F)F)CC1. The largest absolute Gasteiger partial charge is 0.411 e. The first-order valence-electron chi connectivity index (χ1n) is 5.20. The molecule has 2 rings (SSSR count). The Labute approximate surface area is 106 Å². The number of carbonyl (C=O) groups excluding carboxylic acids is 1. The number of nitrogens with one attached hydrogen (secondary N) is 1. The molecule has 0 heterocycles. The summed E-state index contributed by atoms with van der Waals surface area (Å²) in [4.78, 5) is 11.8. The lowest BCUT2D eigenvalue weighted by Gasteiger charge is -2.21. The van der Waals surface area contributed by atoms with Gasteiger partial charge in [0.05, 0.1) is 16.3 Å². The second-order valence-corrected chi connectivity index (χ2v) is 4.64. The van der Waals surface area contributed by atoms with Crippen LogP contribution >= 0.6 is 11.6 Å². The molecule has 18 heavy (non-hydrogen) atoms. The Balaban J connectivity index is 2.21. The fourth-order valence-electron chi connectivity index (χ4n) is 1.62. The van der Waals surface area contributed by atoms with E-state index in [0.29, 0.717) is 0 Å². The normalized spacial score (nSPS) is 17.3. The number of anilines is 1. The van der Waals surface area contributed by atoms with Gasteiger partial charge < -0.3 is 11.1 Å². The molecule has 0 saturated heterocycles. The topological polar surface area (TPSA) is 55.1 Å². The summed E-state index contributed by atoms with van der Waals surface area (Å²) in [5, 5.41) is 2.13. The monoisotopic (exact) mass is 278 g/mol. The third kappa shape index (κ3) is 2.12. The van der Waals surface area contributed by atoms with E-state index >= 15 is 0 Å². The van der Waals surface area contributed by atoms with E-state index < -0.39 is 17.6 Å². The quantitative estimate of drug-likeness (QED) is 0.817. The van der Waals surface area contributed by atoms with Crippen LogP contribution in [0.4, 0.5) is 18.9 Å². The molecule has 0 spiro atoms. The summed E-state index contributed by atoms with van der Waals surface area (Å²) in [6.45, 7) is 0. The predicted octanol–water partition coefficient (Wildman–Crippen LogP) is 2.75. The number of nitrogens with two attached hydrogens (primary N) is 1. The molecular formula is C11H10ClF3N2O. The Morgan fingerprint density at radius 1 is 1.39 bits per heavy atom.